The molecule has 0 spiro atoms. The quantitative estimate of drug-likeness (QED) is 0.861. The smallest absolute Gasteiger partial charge is 0.145 e. The first-order valence-electron chi connectivity index (χ1n) is 5.72. The lowest BCUT2D eigenvalue weighted by Crippen LogP contribution is -2.13. The maximum absolute atomic E-state index is 5.82. The van der Waals surface area contributed by atoms with Gasteiger partial charge in [0.15, 0.2) is 0 Å². The monoisotopic (exact) mass is 218 g/mol. The number of hydrogen-bond donors (Lipinski definition) is 1. The molecule has 0 amide bonds. The largest absolute Gasteiger partial charge is 0.383 e. The van der Waals surface area contributed by atoms with Crippen molar-refractivity contribution in [3.8, 4) is 0 Å². The number of aromatic nitrogens is 3. The molecule has 0 fully saturated rings. The second kappa shape index (κ2) is 4.12. The van der Waals surface area contributed by atoms with Crippen molar-refractivity contribution in [2.45, 2.75) is 33.2 Å². The van der Waals surface area contributed by atoms with Crippen LogP contribution in [0.15, 0.2) is 18.6 Å². The van der Waals surface area contributed by atoms with Crippen LogP contribution in [0, 0.1) is 5.92 Å². The van der Waals surface area contributed by atoms with E-state index >= 15 is 0 Å². The molecule has 86 valence electrons. The normalized spacial score (nSPS) is 13.5. The van der Waals surface area contributed by atoms with Gasteiger partial charge < -0.3 is 10.3 Å². The third-order valence-electron chi connectivity index (χ3n) is 3.09. The number of nitrogens with two attached hydrogens (primary N) is 1. The number of anilines is 1. The van der Waals surface area contributed by atoms with Gasteiger partial charge in [-0.25, -0.2) is 9.97 Å². The van der Waals surface area contributed by atoms with Gasteiger partial charge in [-0.1, -0.05) is 20.8 Å². The number of fused-ring (bicyclic) bond motifs is 1. The molecule has 4 nitrogen and oxygen atoms in total. The fourth-order valence-electron chi connectivity index (χ4n) is 2.25. The summed E-state index contributed by atoms with van der Waals surface area (Å²) in [5.41, 5.74) is 6.76. The average Bonchev–Trinajstić information content (AvgIpc) is 2.64. The van der Waals surface area contributed by atoms with Gasteiger partial charge in [-0.15, -0.1) is 0 Å². The fourth-order valence-corrected chi connectivity index (χ4v) is 2.25. The van der Waals surface area contributed by atoms with Crippen LogP contribution in [0.25, 0.3) is 11.0 Å². The molecule has 2 N–H and O–H groups in total. The van der Waals surface area contributed by atoms with E-state index in [1.807, 2.05) is 6.07 Å². The lowest BCUT2D eigenvalue weighted by atomic mass is 10.0. The number of rotatable bonds is 3. The molecule has 2 aromatic rings. The van der Waals surface area contributed by atoms with E-state index in [-0.39, 0.29) is 0 Å². The molecule has 0 bridgehead atoms. The van der Waals surface area contributed by atoms with Crippen LogP contribution in [0.2, 0.25) is 0 Å². The third-order valence-corrected chi connectivity index (χ3v) is 3.09. The van der Waals surface area contributed by atoms with Crippen LogP contribution in [0.4, 0.5) is 5.82 Å². The summed E-state index contributed by atoms with van der Waals surface area (Å²) in [7, 11) is 0. The van der Waals surface area contributed by atoms with Crippen LogP contribution < -0.4 is 5.73 Å². The van der Waals surface area contributed by atoms with Gasteiger partial charge in [0.05, 0.1) is 5.39 Å². The zero-order valence-electron chi connectivity index (χ0n) is 10.0. The van der Waals surface area contributed by atoms with E-state index in [0.29, 0.717) is 17.8 Å². The molecule has 2 rings (SSSR count). The molecule has 0 aliphatic carbocycles. The number of nitrogens with zero attached hydrogens (tertiary/aromatic N) is 3. The molecule has 1 atom stereocenters. The summed E-state index contributed by atoms with van der Waals surface area (Å²) in [5, 5.41) is 0.946. The van der Waals surface area contributed by atoms with Crippen LogP contribution in [0.5, 0.6) is 0 Å². The molecule has 0 saturated heterocycles. The van der Waals surface area contributed by atoms with Crippen molar-refractivity contribution in [3.63, 3.8) is 0 Å². The predicted octanol–water partition coefficient (Wildman–Crippen LogP) is 2.62. The molecule has 2 heterocycles. The molecule has 2 aromatic heterocycles. The van der Waals surface area contributed by atoms with Crippen LogP contribution in [-0.4, -0.2) is 14.5 Å². The standard InChI is InChI=1S/C12H18N4/c1-4-10(8(2)3)16-6-5-9-11(13)14-7-15-12(9)16/h5-8,10H,4H2,1-3H3,(H2,13,14,15). The van der Waals surface area contributed by atoms with Crippen molar-refractivity contribution in [2.24, 2.45) is 5.92 Å². The summed E-state index contributed by atoms with van der Waals surface area (Å²) in [5.74, 6) is 1.14. The lowest BCUT2D eigenvalue weighted by molar-refractivity contribution is 0.373. The summed E-state index contributed by atoms with van der Waals surface area (Å²) in [4.78, 5) is 8.33. The van der Waals surface area contributed by atoms with Gasteiger partial charge in [-0.2, -0.15) is 0 Å². The minimum Gasteiger partial charge on any atom is -0.383 e. The van der Waals surface area contributed by atoms with E-state index in [4.69, 9.17) is 5.73 Å². The van der Waals surface area contributed by atoms with Crippen LogP contribution in [0.3, 0.4) is 0 Å². The van der Waals surface area contributed by atoms with E-state index in [2.05, 4.69) is 41.5 Å². The molecular weight excluding hydrogens is 200 g/mol. The highest BCUT2D eigenvalue weighted by Gasteiger charge is 2.16. The van der Waals surface area contributed by atoms with Crippen molar-refractivity contribution in [1.82, 2.24) is 14.5 Å². The second-order valence-corrected chi connectivity index (χ2v) is 4.44. The third kappa shape index (κ3) is 1.64. The molecular formula is C12H18N4. The maximum atomic E-state index is 5.82. The molecule has 16 heavy (non-hydrogen) atoms. The first-order chi connectivity index (χ1) is 7.65. The Kier molecular flexibility index (Phi) is 2.81. The molecule has 0 radical (unpaired) electrons. The van der Waals surface area contributed by atoms with E-state index in [0.717, 1.165) is 17.5 Å². The highest BCUT2D eigenvalue weighted by molar-refractivity contribution is 5.86. The van der Waals surface area contributed by atoms with Crippen LogP contribution >= 0.6 is 0 Å². The van der Waals surface area contributed by atoms with E-state index in [9.17, 15) is 0 Å². The Bertz CT molecular complexity index is 487. The Morgan fingerprint density at radius 2 is 2.12 bits per heavy atom. The predicted molar refractivity (Wildman–Crippen MR) is 66.1 cm³/mol. The zero-order valence-corrected chi connectivity index (χ0v) is 10.0. The summed E-state index contributed by atoms with van der Waals surface area (Å²) in [6.07, 6.45) is 4.68. The average molecular weight is 218 g/mol. The SMILES string of the molecule is CCC(C(C)C)n1ccc2c(N)ncnc21. The molecule has 4 heteroatoms. The summed E-state index contributed by atoms with van der Waals surface area (Å²) in [6, 6.07) is 2.46. The van der Waals surface area contributed by atoms with Crippen molar-refractivity contribution < 1.29 is 0 Å². The highest BCUT2D eigenvalue weighted by atomic mass is 15.1. The van der Waals surface area contributed by atoms with Gasteiger partial charge >= 0.3 is 0 Å². The summed E-state index contributed by atoms with van der Waals surface area (Å²) in [6.45, 7) is 6.65. The Hall–Kier alpha value is -1.58. The molecule has 1 unspecified atom stereocenters. The van der Waals surface area contributed by atoms with Crippen molar-refractivity contribution in [1.29, 1.82) is 0 Å². The summed E-state index contributed by atoms with van der Waals surface area (Å²) < 4.78 is 2.21. The second-order valence-electron chi connectivity index (χ2n) is 4.44. The summed E-state index contributed by atoms with van der Waals surface area (Å²) >= 11 is 0. The van der Waals surface area contributed by atoms with E-state index in [1.54, 1.807) is 0 Å². The Labute approximate surface area is 95.5 Å². The minimum atomic E-state index is 0.465. The van der Waals surface area contributed by atoms with E-state index in [1.165, 1.54) is 6.33 Å². The first kappa shape index (κ1) is 10.9. The Balaban J connectivity index is 2.57. The van der Waals surface area contributed by atoms with Crippen molar-refractivity contribution >= 4 is 16.9 Å². The van der Waals surface area contributed by atoms with Gasteiger partial charge in [0, 0.05) is 12.2 Å². The Morgan fingerprint density at radius 1 is 1.38 bits per heavy atom. The van der Waals surface area contributed by atoms with Crippen LogP contribution in [-0.2, 0) is 0 Å². The molecule has 0 aliphatic heterocycles. The Morgan fingerprint density at radius 3 is 2.75 bits per heavy atom. The number of hydrogen-bond acceptors (Lipinski definition) is 3. The first-order valence-corrected chi connectivity index (χ1v) is 5.72. The maximum Gasteiger partial charge on any atom is 0.145 e. The minimum absolute atomic E-state index is 0.465. The topological polar surface area (TPSA) is 56.7 Å². The van der Waals surface area contributed by atoms with Gasteiger partial charge in [-0.3, -0.25) is 0 Å². The van der Waals surface area contributed by atoms with Gasteiger partial charge in [-0.05, 0) is 18.4 Å². The molecule has 0 aliphatic rings. The molecule has 0 aromatic carbocycles. The lowest BCUT2D eigenvalue weighted by Gasteiger charge is -2.21. The fraction of sp³-hybridized carbons (Fsp3) is 0.500. The van der Waals surface area contributed by atoms with Crippen LogP contribution in [0.1, 0.15) is 33.2 Å². The highest BCUT2D eigenvalue weighted by Crippen LogP contribution is 2.27. The van der Waals surface area contributed by atoms with Crippen molar-refractivity contribution in [3.05, 3.63) is 18.6 Å². The molecule has 0 saturated carbocycles. The van der Waals surface area contributed by atoms with Gasteiger partial charge in [0.25, 0.3) is 0 Å². The van der Waals surface area contributed by atoms with Gasteiger partial charge in [0.2, 0.25) is 0 Å². The van der Waals surface area contributed by atoms with Crippen molar-refractivity contribution in [2.75, 3.05) is 5.73 Å². The van der Waals surface area contributed by atoms with E-state index < -0.39 is 0 Å². The zero-order chi connectivity index (χ0) is 11.7. The number of nitrogen functional groups attached to an aromatic ring is 1. The van der Waals surface area contributed by atoms with Gasteiger partial charge in [0.1, 0.15) is 17.8 Å².